The van der Waals surface area contributed by atoms with Gasteiger partial charge >= 0.3 is 0 Å². The van der Waals surface area contributed by atoms with E-state index in [1.54, 1.807) is 0 Å². The minimum Gasteiger partial charge on any atom is -0.0622 e. The van der Waals surface area contributed by atoms with E-state index < -0.39 is 5.41 Å². The number of hydrogen-bond donors (Lipinski definition) is 0. The van der Waals surface area contributed by atoms with Gasteiger partial charge in [0.1, 0.15) is 0 Å². The van der Waals surface area contributed by atoms with Gasteiger partial charge in [-0.1, -0.05) is 224 Å². The zero-order chi connectivity index (χ0) is 41.5. The lowest BCUT2D eigenvalue weighted by Crippen LogP contribution is -2.28. The molecule has 0 aromatic heterocycles. The first-order valence-corrected chi connectivity index (χ1v) is 22.0. The average Bonchev–Trinajstić information content (AvgIpc) is 3.68. The third-order valence-corrected chi connectivity index (χ3v) is 13.9. The van der Waals surface area contributed by atoms with Crippen molar-refractivity contribution in [3.05, 3.63) is 265 Å². The van der Waals surface area contributed by atoms with Gasteiger partial charge in [0.25, 0.3) is 0 Å². The van der Waals surface area contributed by atoms with E-state index in [1.165, 1.54) is 121 Å². The smallest absolute Gasteiger partial charge is 0.0622 e. The highest BCUT2D eigenvalue weighted by Gasteiger charge is 2.46. The molecule has 0 amide bonds. The molecular formula is C63H40. The van der Waals surface area contributed by atoms with Gasteiger partial charge in [-0.05, 0) is 139 Å². The molecule has 0 unspecified atom stereocenters. The van der Waals surface area contributed by atoms with Gasteiger partial charge in [0.15, 0.2) is 0 Å². The lowest BCUT2D eigenvalue weighted by Gasteiger charge is -2.34. The van der Waals surface area contributed by atoms with E-state index in [4.69, 9.17) is 0 Å². The van der Waals surface area contributed by atoms with Crippen molar-refractivity contribution in [2.45, 2.75) is 5.41 Å². The average molecular weight is 797 g/mol. The van der Waals surface area contributed by atoms with E-state index in [0.29, 0.717) is 0 Å². The molecule has 292 valence electrons. The second-order valence-corrected chi connectivity index (χ2v) is 17.1. The molecule has 12 aromatic rings. The maximum Gasteiger partial charge on any atom is 0.0713 e. The summed E-state index contributed by atoms with van der Waals surface area (Å²) in [6, 6.07) is 90.4. The Kier molecular flexibility index (Phi) is 7.92. The van der Waals surface area contributed by atoms with Crippen LogP contribution in [0.1, 0.15) is 22.3 Å². The molecule has 0 atom stereocenters. The van der Waals surface area contributed by atoms with E-state index in [9.17, 15) is 0 Å². The van der Waals surface area contributed by atoms with Crippen molar-refractivity contribution < 1.29 is 0 Å². The molecule has 0 aliphatic heterocycles. The fourth-order valence-corrected chi connectivity index (χ4v) is 11.2. The Morgan fingerprint density at radius 2 is 0.698 bits per heavy atom. The van der Waals surface area contributed by atoms with Gasteiger partial charge in [0.2, 0.25) is 0 Å². The Balaban J connectivity index is 1.03. The monoisotopic (exact) mass is 796 g/mol. The predicted octanol–water partition coefficient (Wildman–Crippen LogP) is 16.8. The van der Waals surface area contributed by atoms with Crippen LogP contribution in [0.4, 0.5) is 0 Å². The Labute approximate surface area is 367 Å². The van der Waals surface area contributed by atoms with Gasteiger partial charge in [-0.3, -0.25) is 0 Å². The molecule has 0 saturated heterocycles. The minimum atomic E-state index is -0.439. The highest BCUT2D eigenvalue weighted by atomic mass is 14.5. The molecule has 0 nitrogen and oxygen atoms in total. The van der Waals surface area contributed by atoms with Crippen LogP contribution in [0.2, 0.25) is 0 Å². The lowest BCUT2D eigenvalue weighted by molar-refractivity contribution is 0.769. The minimum absolute atomic E-state index is 0.439. The van der Waals surface area contributed by atoms with Crippen molar-refractivity contribution >= 4 is 43.1 Å². The topological polar surface area (TPSA) is 0 Å². The molecule has 0 N–H and O–H groups in total. The van der Waals surface area contributed by atoms with Crippen LogP contribution in [0.3, 0.4) is 0 Å². The molecule has 12 aromatic carbocycles. The van der Waals surface area contributed by atoms with Gasteiger partial charge in [0, 0.05) is 0 Å². The number of hydrogen-bond acceptors (Lipinski definition) is 0. The summed E-state index contributed by atoms with van der Waals surface area (Å²) < 4.78 is 0. The third kappa shape index (κ3) is 5.28. The summed E-state index contributed by atoms with van der Waals surface area (Å²) in [4.78, 5) is 0. The normalized spacial score (nSPS) is 12.9. The van der Waals surface area contributed by atoms with Gasteiger partial charge in [-0.25, -0.2) is 0 Å². The van der Waals surface area contributed by atoms with Crippen LogP contribution in [0.25, 0.3) is 98.7 Å². The highest BCUT2D eigenvalue weighted by molar-refractivity contribution is 6.28. The number of fused-ring (bicyclic) bond motifs is 5. The number of rotatable bonds is 6. The van der Waals surface area contributed by atoms with Crippen LogP contribution < -0.4 is 0 Å². The standard InChI is InChI=1S/C63H40/c1-5-16-41(17-6-1)45-38-46(42-18-7-2-8-19-42)40-47(39-45)50-32-28-43-31-35-56-52(33-29-44-30-34-55(50)60(43)61(44)56)51-25-15-26-54-53(51)36-37-59-62(54)57-24-13-14-27-58(57)63(59,48-20-9-3-10-21-48)49-22-11-4-12-23-49/h1-40H. The summed E-state index contributed by atoms with van der Waals surface area (Å²) >= 11 is 0. The van der Waals surface area contributed by atoms with Crippen LogP contribution in [-0.2, 0) is 5.41 Å². The van der Waals surface area contributed by atoms with Crippen LogP contribution in [0, 0.1) is 0 Å². The van der Waals surface area contributed by atoms with E-state index in [0.717, 1.165) is 0 Å². The summed E-state index contributed by atoms with van der Waals surface area (Å²) in [5.41, 5.74) is 17.3. The van der Waals surface area contributed by atoms with Crippen molar-refractivity contribution in [2.75, 3.05) is 0 Å². The summed E-state index contributed by atoms with van der Waals surface area (Å²) in [6.07, 6.45) is 0. The Morgan fingerprint density at radius 1 is 0.238 bits per heavy atom. The van der Waals surface area contributed by atoms with Gasteiger partial charge in [-0.2, -0.15) is 0 Å². The molecule has 0 heterocycles. The molecule has 1 aliphatic carbocycles. The molecule has 0 radical (unpaired) electrons. The molecule has 0 saturated carbocycles. The first kappa shape index (κ1) is 35.7. The number of benzene rings is 12. The molecular weight excluding hydrogens is 757 g/mol. The first-order valence-electron chi connectivity index (χ1n) is 22.0. The second-order valence-electron chi connectivity index (χ2n) is 17.1. The van der Waals surface area contributed by atoms with E-state index in [2.05, 4.69) is 243 Å². The van der Waals surface area contributed by atoms with Gasteiger partial charge in [0.05, 0.1) is 5.41 Å². The molecule has 0 fully saturated rings. The quantitative estimate of drug-likeness (QED) is 0.147. The van der Waals surface area contributed by atoms with Crippen LogP contribution in [0.15, 0.2) is 243 Å². The van der Waals surface area contributed by atoms with E-state index >= 15 is 0 Å². The van der Waals surface area contributed by atoms with Crippen molar-refractivity contribution in [1.29, 1.82) is 0 Å². The molecule has 0 bridgehead atoms. The summed E-state index contributed by atoms with van der Waals surface area (Å²) in [6.45, 7) is 0. The Morgan fingerprint density at radius 3 is 1.32 bits per heavy atom. The van der Waals surface area contributed by atoms with Crippen molar-refractivity contribution in [1.82, 2.24) is 0 Å². The summed E-state index contributed by atoms with van der Waals surface area (Å²) in [5, 5.41) is 10.3. The maximum atomic E-state index is 2.43. The Bertz CT molecular complexity index is 3600. The summed E-state index contributed by atoms with van der Waals surface area (Å²) in [7, 11) is 0. The van der Waals surface area contributed by atoms with Crippen molar-refractivity contribution in [3.63, 3.8) is 0 Å². The molecule has 13 rings (SSSR count). The summed E-state index contributed by atoms with van der Waals surface area (Å²) in [5.74, 6) is 0. The second kappa shape index (κ2) is 14.0. The molecule has 0 spiro atoms. The van der Waals surface area contributed by atoms with Crippen LogP contribution in [-0.4, -0.2) is 0 Å². The fourth-order valence-electron chi connectivity index (χ4n) is 11.2. The first-order chi connectivity index (χ1) is 31.3. The SMILES string of the molecule is c1ccc(-c2cc(-c3ccccc3)cc(-c3ccc4ccc5c(-c6cccc7c8c(ccc67)C(c6ccccc6)(c6ccccc6)c6ccccc6-8)ccc6ccc3c4c65)c2)cc1. The fraction of sp³-hybridized carbons (Fsp3) is 0.0159. The predicted molar refractivity (Wildman–Crippen MR) is 267 cm³/mol. The molecule has 0 heteroatoms. The van der Waals surface area contributed by atoms with Crippen molar-refractivity contribution in [3.8, 4) is 55.6 Å². The van der Waals surface area contributed by atoms with Gasteiger partial charge in [-0.15, -0.1) is 0 Å². The largest absolute Gasteiger partial charge is 0.0713 e. The zero-order valence-corrected chi connectivity index (χ0v) is 34.6. The lowest BCUT2D eigenvalue weighted by atomic mass is 9.67. The van der Waals surface area contributed by atoms with E-state index in [-0.39, 0.29) is 0 Å². The van der Waals surface area contributed by atoms with Crippen molar-refractivity contribution in [2.24, 2.45) is 0 Å². The van der Waals surface area contributed by atoms with Crippen LogP contribution in [0.5, 0.6) is 0 Å². The van der Waals surface area contributed by atoms with E-state index in [1.807, 2.05) is 0 Å². The molecule has 63 heavy (non-hydrogen) atoms. The highest BCUT2D eigenvalue weighted by Crippen LogP contribution is 2.58. The zero-order valence-electron chi connectivity index (χ0n) is 34.6. The van der Waals surface area contributed by atoms with Crippen LogP contribution >= 0.6 is 0 Å². The third-order valence-electron chi connectivity index (χ3n) is 13.9. The van der Waals surface area contributed by atoms with Gasteiger partial charge < -0.3 is 0 Å². The molecule has 1 aliphatic rings. The maximum absolute atomic E-state index is 2.43. The Hall–Kier alpha value is -8.06.